The summed E-state index contributed by atoms with van der Waals surface area (Å²) in [6.07, 6.45) is 2.72. The number of anilines is 1. The Labute approximate surface area is 322 Å². The van der Waals surface area contributed by atoms with Crippen molar-refractivity contribution in [1.29, 1.82) is 0 Å². The fourth-order valence-corrected chi connectivity index (χ4v) is 6.26. The standard InChI is InChI=1S/C42H51N7O6/c1-29(2)19-20-35(50)25-39(51)49(23-21-33-16-9-10-22-44-33)46-40(52)37(45-42(54)55-27-31-12-5-4-6-13-31)24-34-26-47(41(53)30(3)43)28-48(34)38-18-11-15-32-14-7-8-17-36(32)38/h4-18,22,26,29-30,35,37,50H,19-21,23-25,27-28,43H2,1-3H3,(H,45,54)(H,46,52)/t30-,35-,37-/m0/s1. The van der Waals surface area contributed by atoms with Gasteiger partial charge < -0.3 is 25.8 Å². The average molecular weight is 750 g/mol. The summed E-state index contributed by atoms with van der Waals surface area (Å²) in [6, 6.07) is 26.2. The molecule has 0 unspecified atom stereocenters. The van der Waals surface area contributed by atoms with Crippen LogP contribution in [0.2, 0.25) is 0 Å². The first-order chi connectivity index (χ1) is 26.5. The van der Waals surface area contributed by atoms with Gasteiger partial charge >= 0.3 is 6.09 Å². The minimum absolute atomic E-state index is 0.0363. The van der Waals surface area contributed by atoms with Gasteiger partial charge in [0.15, 0.2) is 0 Å². The third kappa shape index (κ3) is 11.6. The number of alkyl carbamates (subject to hydrolysis) is 1. The molecule has 1 aliphatic rings. The Morgan fingerprint density at radius 1 is 0.927 bits per heavy atom. The van der Waals surface area contributed by atoms with Crippen molar-refractivity contribution in [3.05, 3.63) is 120 Å². The fourth-order valence-electron chi connectivity index (χ4n) is 6.26. The minimum Gasteiger partial charge on any atom is -0.445 e. The molecule has 5 rings (SSSR count). The lowest BCUT2D eigenvalue weighted by atomic mass is 10.0. The van der Waals surface area contributed by atoms with Crippen molar-refractivity contribution in [2.24, 2.45) is 11.7 Å². The van der Waals surface area contributed by atoms with Crippen LogP contribution < -0.4 is 21.4 Å². The Bertz CT molecular complexity index is 1930. The summed E-state index contributed by atoms with van der Waals surface area (Å²) < 4.78 is 5.52. The molecular formula is C42H51N7O6. The number of amides is 4. The number of hydrogen-bond donors (Lipinski definition) is 4. The summed E-state index contributed by atoms with van der Waals surface area (Å²) in [5.41, 5.74) is 11.5. The fraction of sp³-hybridized carbons (Fsp3) is 0.357. The second kappa shape index (κ2) is 19.5. The first-order valence-electron chi connectivity index (χ1n) is 18.7. The summed E-state index contributed by atoms with van der Waals surface area (Å²) in [5.74, 6) is -1.16. The van der Waals surface area contributed by atoms with Crippen LogP contribution in [0, 0.1) is 5.92 Å². The van der Waals surface area contributed by atoms with Gasteiger partial charge in [-0.15, -0.1) is 0 Å². The second-order valence-corrected chi connectivity index (χ2v) is 14.2. The Morgan fingerprint density at radius 2 is 1.65 bits per heavy atom. The molecule has 290 valence electrons. The molecule has 0 spiro atoms. The topological polar surface area (TPSA) is 170 Å². The van der Waals surface area contributed by atoms with E-state index in [4.69, 9.17) is 10.5 Å². The third-order valence-corrected chi connectivity index (χ3v) is 9.26. The van der Waals surface area contributed by atoms with Gasteiger partial charge in [-0.05, 0) is 54.8 Å². The highest BCUT2D eigenvalue weighted by atomic mass is 16.5. The van der Waals surface area contributed by atoms with Crippen LogP contribution in [0.5, 0.6) is 0 Å². The highest BCUT2D eigenvalue weighted by molar-refractivity contribution is 5.96. The van der Waals surface area contributed by atoms with Crippen molar-refractivity contribution < 1.29 is 29.0 Å². The number of nitrogens with one attached hydrogen (secondary N) is 2. The first kappa shape index (κ1) is 40.4. The Balaban J connectivity index is 1.44. The molecule has 13 heteroatoms. The van der Waals surface area contributed by atoms with Gasteiger partial charge in [0.25, 0.3) is 5.91 Å². The zero-order valence-electron chi connectivity index (χ0n) is 31.6. The number of hydrogen-bond acceptors (Lipinski definition) is 9. The maximum absolute atomic E-state index is 14.3. The maximum atomic E-state index is 14.3. The van der Waals surface area contributed by atoms with Crippen LogP contribution in [0.1, 0.15) is 57.7 Å². The van der Waals surface area contributed by atoms with Crippen molar-refractivity contribution in [2.75, 3.05) is 18.1 Å². The van der Waals surface area contributed by atoms with Gasteiger partial charge in [0, 0.05) is 48.6 Å². The summed E-state index contributed by atoms with van der Waals surface area (Å²) in [5, 5.41) is 16.5. The summed E-state index contributed by atoms with van der Waals surface area (Å²) in [7, 11) is 0. The maximum Gasteiger partial charge on any atom is 0.408 e. The molecule has 2 heterocycles. The van der Waals surface area contributed by atoms with Crippen LogP contribution in [0.25, 0.3) is 10.8 Å². The van der Waals surface area contributed by atoms with E-state index in [2.05, 4.69) is 15.7 Å². The SMILES string of the molecule is CC(C)CC[C@H](O)CC(=O)N(CCc1ccccn1)NC(=O)[C@H](CC1=CN(C(=O)[C@H](C)N)CN1c1cccc2ccccc12)NC(=O)OCc1ccccc1. The van der Waals surface area contributed by atoms with Gasteiger partial charge in [0.2, 0.25) is 11.8 Å². The number of benzene rings is 3. The Kier molecular flexibility index (Phi) is 14.3. The molecule has 4 amide bonds. The van der Waals surface area contributed by atoms with E-state index in [0.29, 0.717) is 30.2 Å². The van der Waals surface area contributed by atoms with E-state index < -0.39 is 36.1 Å². The molecule has 1 aromatic heterocycles. The smallest absolute Gasteiger partial charge is 0.408 e. The van der Waals surface area contributed by atoms with Gasteiger partial charge in [0.1, 0.15) is 19.3 Å². The minimum atomic E-state index is -1.27. The van der Waals surface area contributed by atoms with Crippen LogP contribution in [-0.4, -0.2) is 75.2 Å². The number of nitrogens with two attached hydrogens (primary N) is 1. The Hall–Kier alpha value is -5.79. The van der Waals surface area contributed by atoms with Crippen LogP contribution in [-0.2, 0) is 32.1 Å². The van der Waals surface area contributed by atoms with E-state index in [0.717, 1.165) is 28.4 Å². The lowest BCUT2D eigenvalue weighted by Crippen LogP contribution is -2.55. The molecule has 0 fully saturated rings. The number of carbonyl (C=O) groups is 4. The normalized spacial score (nSPS) is 14.3. The van der Waals surface area contributed by atoms with E-state index >= 15 is 0 Å². The van der Waals surface area contributed by atoms with Gasteiger partial charge in [-0.2, -0.15) is 0 Å². The highest BCUT2D eigenvalue weighted by Gasteiger charge is 2.34. The quantitative estimate of drug-likeness (QED) is 0.115. The largest absolute Gasteiger partial charge is 0.445 e. The van der Waals surface area contributed by atoms with Crippen LogP contribution in [0.15, 0.2) is 109 Å². The number of fused-ring (bicyclic) bond motifs is 1. The van der Waals surface area contributed by atoms with E-state index in [1.54, 1.807) is 25.4 Å². The zero-order valence-corrected chi connectivity index (χ0v) is 31.6. The number of pyridine rings is 1. The molecule has 3 atom stereocenters. The van der Waals surface area contributed by atoms with E-state index in [9.17, 15) is 24.3 Å². The summed E-state index contributed by atoms with van der Waals surface area (Å²) in [6.45, 7) is 5.83. The number of rotatable bonds is 16. The summed E-state index contributed by atoms with van der Waals surface area (Å²) in [4.78, 5) is 62.4. The first-order valence-corrected chi connectivity index (χ1v) is 18.7. The molecule has 3 aromatic carbocycles. The number of aliphatic hydroxyl groups excluding tert-OH is 1. The average Bonchev–Trinajstić information content (AvgIpc) is 3.60. The molecule has 0 saturated carbocycles. The molecule has 13 nitrogen and oxygen atoms in total. The molecule has 0 aliphatic carbocycles. The number of nitrogens with zero attached hydrogens (tertiary/aromatic N) is 4. The van der Waals surface area contributed by atoms with Crippen molar-refractivity contribution in [1.82, 2.24) is 25.6 Å². The third-order valence-electron chi connectivity index (χ3n) is 9.26. The number of carbonyl (C=O) groups excluding carboxylic acids is 4. The second-order valence-electron chi connectivity index (χ2n) is 14.2. The number of hydrazine groups is 1. The van der Waals surface area contributed by atoms with Crippen molar-refractivity contribution in [3.63, 3.8) is 0 Å². The van der Waals surface area contributed by atoms with Crippen LogP contribution in [0.4, 0.5) is 10.5 Å². The molecule has 55 heavy (non-hydrogen) atoms. The highest BCUT2D eigenvalue weighted by Crippen LogP contribution is 2.34. The number of aromatic nitrogens is 1. The molecule has 4 aromatic rings. The van der Waals surface area contributed by atoms with Crippen LogP contribution >= 0.6 is 0 Å². The van der Waals surface area contributed by atoms with Gasteiger partial charge in [-0.1, -0.05) is 86.6 Å². The van der Waals surface area contributed by atoms with Crippen molar-refractivity contribution in [2.45, 2.75) is 77.7 Å². The molecular weight excluding hydrogens is 699 g/mol. The molecule has 1 aliphatic heterocycles. The van der Waals surface area contributed by atoms with E-state index in [1.165, 1.54) is 9.91 Å². The number of aliphatic hydroxyl groups is 1. The lowest BCUT2D eigenvalue weighted by Gasteiger charge is -2.29. The zero-order chi connectivity index (χ0) is 39.3. The van der Waals surface area contributed by atoms with E-state index in [1.807, 2.05) is 104 Å². The Morgan fingerprint density at radius 3 is 2.38 bits per heavy atom. The van der Waals surface area contributed by atoms with E-state index in [-0.39, 0.29) is 38.6 Å². The molecule has 0 bridgehead atoms. The predicted molar refractivity (Wildman–Crippen MR) is 211 cm³/mol. The van der Waals surface area contributed by atoms with Gasteiger partial charge in [-0.25, -0.2) is 4.79 Å². The van der Waals surface area contributed by atoms with Crippen molar-refractivity contribution in [3.8, 4) is 0 Å². The molecule has 0 radical (unpaired) electrons. The van der Waals surface area contributed by atoms with Crippen molar-refractivity contribution >= 4 is 40.3 Å². The monoisotopic (exact) mass is 749 g/mol. The molecule has 0 saturated heterocycles. The number of ether oxygens (including phenoxy) is 1. The lowest BCUT2D eigenvalue weighted by molar-refractivity contribution is -0.143. The predicted octanol–water partition coefficient (Wildman–Crippen LogP) is 5.00. The van der Waals surface area contributed by atoms with Crippen LogP contribution in [0.3, 0.4) is 0 Å². The van der Waals surface area contributed by atoms with Gasteiger partial charge in [-0.3, -0.25) is 34.7 Å². The summed E-state index contributed by atoms with van der Waals surface area (Å²) >= 11 is 0. The van der Waals surface area contributed by atoms with Gasteiger partial charge in [0.05, 0.1) is 24.3 Å². The molecule has 5 N–H and O–H groups in total.